The van der Waals surface area contributed by atoms with Crippen LogP contribution in [0.3, 0.4) is 0 Å². The molecule has 0 nitrogen and oxygen atoms in total. The highest BCUT2D eigenvalue weighted by Gasteiger charge is 2.38. The Bertz CT molecular complexity index is 1630. The zero-order valence-corrected chi connectivity index (χ0v) is 30.4. The van der Waals surface area contributed by atoms with Crippen LogP contribution in [0.5, 0.6) is 0 Å². The molecule has 0 aromatic heterocycles. The largest absolute Gasteiger partial charge is 0.0775 e. The summed E-state index contributed by atoms with van der Waals surface area (Å²) in [6.45, 7) is 21.9. The van der Waals surface area contributed by atoms with E-state index in [-0.39, 0.29) is 5.41 Å². The van der Waals surface area contributed by atoms with Crippen molar-refractivity contribution in [3.63, 3.8) is 0 Å². The lowest BCUT2D eigenvalue weighted by Gasteiger charge is -2.35. The first-order valence-electron chi connectivity index (χ1n) is 16.6. The Labute approximate surface area is 269 Å². The maximum Gasteiger partial charge on any atom is 0.0775 e. The van der Waals surface area contributed by atoms with Crippen LogP contribution in [0, 0.1) is 11.3 Å². The monoisotopic (exact) mass is 610 g/mol. The van der Waals surface area contributed by atoms with Gasteiger partial charge in [-0.3, -0.25) is 0 Å². The van der Waals surface area contributed by atoms with Crippen LogP contribution in [0.25, 0.3) is 34.4 Å². The lowest BCUT2D eigenvalue weighted by Crippen LogP contribution is -2.37. The number of benzene rings is 4. The van der Waals surface area contributed by atoms with E-state index in [1.807, 2.05) is 0 Å². The normalized spacial score (nSPS) is 14.9. The van der Waals surface area contributed by atoms with Crippen LogP contribution in [0.1, 0.15) is 49.4 Å². The molecule has 0 atom stereocenters. The molecule has 0 amide bonds. The van der Waals surface area contributed by atoms with Gasteiger partial charge in [0.2, 0.25) is 0 Å². The molecule has 0 saturated heterocycles. The molecule has 0 radical (unpaired) electrons. The fraction of sp³-hybridized carbons (Fsp3) is 0.333. The summed E-state index contributed by atoms with van der Waals surface area (Å²) >= 11 is 0. The first-order chi connectivity index (χ1) is 20.7. The van der Waals surface area contributed by atoms with Gasteiger partial charge in [-0.05, 0) is 69.7 Å². The van der Waals surface area contributed by atoms with Gasteiger partial charge in [-0.2, -0.15) is 0 Å². The van der Waals surface area contributed by atoms with Crippen molar-refractivity contribution < 1.29 is 0 Å². The van der Waals surface area contributed by atoms with E-state index in [0.29, 0.717) is 5.92 Å². The standard InChI is InChI=1S/C42H50Si2/c1-29(2)28-42(3,34-24-32-12-10-14-38(40(32)26-34)30-16-20-36(21-17-30)43(4,5)6)35-25-33-13-11-15-39(41(33)27-35)31-18-22-37(23-19-31)44(7,8)9/h10-23,26-27,29H,24-25,28H2,1-9H3. The summed E-state index contributed by atoms with van der Waals surface area (Å²) in [6.07, 6.45) is 8.38. The summed E-state index contributed by atoms with van der Waals surface area (Å²) in [5.74, 6) is 0.608. The Morgan fingerprint density at radius 2 is 0.955 bits per heavy atom. The molecular formula is C42H50Si2. The molecule has 0 bridgehead atoms. The van der Waals surface area contributed by atoms with Crippen LogP contribution >= 0.6 is 0 Å². The number of fused-ring (bicyclic) bond motifs is 2. The molecule has 4 aromatic rings. The van der Waals surface area contributed by atoms with Gasteiger partial charge in [0.05, 0.1) is 16.1 Å². The van der Waals surface area contributed by atoms with Crippen molar-refractivity contribution in [2.24, 2.45) is 11.3 Å². The number of allylic oxidation sites excluding steroid dienone is 2. The topological polar surface area (TPSA) is 0 Å². The minimum atomic E-state index is -1.32. The second-order valence-corrected chi connectivity index (χ2v) is 26.2. The molecule has 6 rings (SSSR count). The van der Waals surface area contributed by atoms with E-state index in [1.165, 1.54) is 54.9 Å². The Hall–Kier alpha value is -3.21. The fourth-order valence-corrected chi connectivity index (χ4v) is 9.87. The molecule has 226 valence electrons. The van der Waals surface area contributed by atoms with E-state index >= 15 is 0 Å². The summed E-state index contributed by atoms with van der Waals surface area (Å²) in [7, 11) is -2.65. The van der Waals surface area contributed by atoms with Crippen molar-refractivity contribution in [3.05, 3.63) is 118 Å². The molecular weight excluding hydrogens is 561 g/mol. The van der Waals surface area contributed by atoms with Crippen molar-refractivity contribution in [2.45, 2.75) is 79.3 Å². The van der Waals surface area contributed by atoms with Gasteiger partial charge in [-0.15, -0.1) is 0 Å². The van der Waals surface area contributed by atoms with Gasteiger partial charge in [0, 0.05) is 5.41 Å². The summed E-state index contributed by atoms with van der Waals surface area (Å²) in [4.78, 5) is 0. The molecule has 0 heterocycles. The summed E-state index contributed by atoms with van der Waals surface area (Å²) in [5, 5.41) is 3.04. The maximum atomic E-state index is 2.57. The van der Waals surface area contributed by atoms with Gasteiger partial charge in [0.25, 0.3) is 0 Å². The van der Waals surface area contributed by atoms with Crippen LogP contribution in [0.2, 0.25) is 39.3 Å². The highest BCUT2D eigenvalue weighted by molar-refractivity contribution is 6.89. The van der Waals surface area contributed by atoms with Gasteiger partial charge in [0.15, 0.2) is 0 Å². The van der Waals surface area contributed by atoms with Crippen LogP contribution < -0.4 is 10.4 Å². The molecule has 2 heteroatoms. The second-order valence-electron chi connectivity index (χ2n) is 16.0. The molecule has 2 aliphatic rings. The Kier molecular flexibility index (Phi) is 7.91. The molecule has 0 fully saturated rings. The van der Waals surface area contributed by atoms with E-state index in [2.05, 4.69) is 157 Å². The maximum absolute atomic E-state index is 2.57. The van der Waals surface area contributed by atoms with E-state index in [4.69, 9.17) is 0 Å². The Morgan fingerprint density at radius 3 is 1.30 bits per heavy atom. The molecule has 0 unspecified atom stereocenters. The molecule has 0 aliphatic heterocycles. The molecule has 0 saturated carbocycles. The van der Waals surface area contributed by atoms with Crippen molar-refractivity contribution in [1.82, 2.24) is 0 Å². The second kappa shape index (κ2) is 11.3. The SMILES string of the molecule is CC(C)CC(C)(C1=Cc2c(cccc2-c2ccc([Si](C)(C)C)cc2)C1)C1=Cc2c(cccc2-c2ccc([Si](C)(C)C)cc2)C1. The van der Waals surface area contributed by atoms with E-state index in [9.17, 15) is 0 Å². The van der Waals surface area contributed by atoms with Gasteiger partial charge in [0.1, 0.15) is 0 Å². The minimum Gasteiger partial charge on any atom is -0.0656 e. The molecule has 44 heavy (non-hydrogen) atoms. The lowest BCUT2D eigenvalue weighted by atomic mass is 9.69. The van der Waals surface area contributed by atoms with Crippen molar-refractivity contribution in [3.8, 4) is 22.3 Å². The summed E-state index contributed by atoms with van der Waals surface area (Å²) < 4.78 is 0. The predicted octanol–water partition coefficient (Wildman–Crippen LogP) is 10.7. The van der Waals surface area contributed by atoms with Gasteiger partial charge in [-0.1, -0.05) is 179 Å². The average molecular weight is 611 g/mol. The predicted molar refractivity (Wildman–Crippen MR) is 201 cm³/mol. The number of rotatable bonds is 8. The zero-order valence-electron chi connectivity index (χ0n) is 28.4. The quantitative estimate of drug-likeness (QED) is 0.174. The van der Waals surface area contributed by atoms with Crippen LogP contribution in [-0.2, 0) is 12.8 Å². The summed E-state index contributed by atoms with van der Waals surface area (Å²) in [6, 6.07) is 32.8. The van der Waals surface area contributed by atoms with Crippen LogP contribution in [0.4, 0.5) is 0 Å². The van der Waals surface area contributed by atoms with Gasteiger partial charge in [-0.25, -0.2) is 0 Å². The van der Waals surface area contributed by atoms with Crippen LogP contribution in [-0.4, -0.2) is 16.1 Å². The highest BCUT2D eigenvalue weighted by atomic mass is 28.3. The molecule has 4 aromatic carbocycles. The average Bonchev–Trinajstić information content (AvgIpc) is 3.61. The Balaban J connectivity index is 1.38. The fourth-order valence-electron chi connectivity index (χ4n) is 7.53. The molecule has 2 aliphatic carbocycles. The van der Waals surface area contributed by atoms with E-state index in [0.717, 1.165) is 19.3 Å². The third kappa shape index (κ3) is 5.79. The number of hydrogen-bond donors (Lipinski definition) is 0. The smallest absolute Gasteiger partial charge is 0.0656 e. The van der Waals surface area contributed by atoms with Crippen molar-refractivity contribution in [2.75, 3.05) is 0 Å². The molecule has 0 spiro atoms. The first kappa shape index (κ1) is 30.8. The third-order valence-corrected chi connectivity index (χ3v) is 14.3. The molecule has 0 N–H and O–H groups in total. The minimum absolute atomic E-state index is 0.0180. The van der Waals surface area contributed by atoms with E-state index in [1.54, 1.807) is 11.1 Å². The van der Waals surface area contributed by atoms with Gasteiger partial charge < -0.3 is 0 Å². The summed E-state index contributed by atoms with van der Waals surface area (Å²) in [5.41, 5.74) is 14.4. The highest BCUT2D eigenvalue weighted by Crippen LogP contribution is 2.51. The first-order valence-corrected chi connectivity index (χ1v) is 23.6. The zero-order chi connectivity index (χ0) is 31.4. The third-order valence-electron chi connectivity index (χ3n) is 10.1. The van der Waals surface area contributed by atoms with Gasteiger partial charge >= 0.3 is 0 Å². The number of hydrogen-bond acceptors (Lipinski definition) is 0. The van der Waals surface area contributed by atoms with Crippen LogP contribution in [0.15, 0.2) is 96.1 Å². The lowest BCUT2D eigenvalue weighted by molar-refractivity contribution is 0.363. The van der Waals surface area contributed by atoms with E-state index < -0.39 is 16.1 Å². The van der Waals surface area contributed by atoms with Crippen molar-refractivity contribution in [1.29, 1.82) is 0 Å². The van der Waals surface area contributed by atoms with Crippen molar-refractivity contribution >= 4 is 38.7 Å². The Morgan fingerprint density at radius 1 is 0.568 bits per heavy atom.